The summed E-state index contributed by atoms with van der Waals surface area (Å²) in [5, 5.41) is 1.65. The van der Waals surface area contributed by atoms with Crippen molar-refractivity contribution in [3.05, 3.63) is 29.3 Å². The summed E-state index contributed by atoms with van der Waals surface area (Å²) in [7, 11) is 1.49. The Morgan fingerprint density at radius 2 is 2.11 bits per heavy atom. The van der Waals surface area contributed by atoms with Gasteiger partial charge in [0.15, 0.2) is 6.10 Å². The maximum Gasteiger partial charge on any atom is 0.405 e. The Morgan fingerprint density at radius 3 is 2.74 bits per heavy atom. The van der Waals surface area contributed by atoms with Gasteiger partial charge in [0.1, 0.15) is 24.1 Å². The van der Waals surface area contributed by atoms with Crippen molar-refractivity contribution in [2.75, 3.05) is 13.7 Å². The number of nitrogens with one attached hydrogen (secondary N) is 1. The van der Waals surface area contributed by atoms with E-state index >= 15 is 0 Å². The summed E-state index contributed by atoms with van der Waals surface area (Å²) in [6.07, 6.45) is -2.61. The molecule has 1 amide bonds. The molecular formula is C18H20F3NO5. The summed E-state index contributed by atoms with van der Waals surface area (Å²) in [6, 6.07) is 3.54. The number of rotatable bonds is 6. The van der Waals surface area contributed by atoms with Gasteiger partial charge >= 0.3 is 12.1 Å². The molecule has 0 fully saturated rings. The van der Waals surface area contributed by atoms with E-state index in [1.807, 2.05) is 13.0 Å². The molecule has 1 aromatic rings. The van der Waals surface area contributed by atoms with Crippen molar-refractivity contribution in [3.63, 3.8) is 0 Å². The maximum atomic E-state index is 12.1. The van der Waals surface area contributed by atoms with Gasteiger partial charge in [0.2, 0.25) is 0 Å². The second-order valence-corrected chi connectivity index (χ2v) is 6.08. The van der Waals surface area contributed by atoms with E-state index in [1.165, 1.54) is 20.1 Å². The molecule has 9 heteroatoms. The zero-order valence-electron chi connectivity index (χ0n) is 15.1. The number of methoxy groups -OCH3 is 1. The van der Waals surface area contributed by atoms with Crippen LogP contribution in [0.5, 0.6) is 11.5 Å². The number of carbonyl (C=O) groups excluding carboxylic acids is 2. The maximum absolute atomic E-state index is 12.1. The topological polar surface area (TPSA) is 73.9 Å². The highest BCUT2D eigenvalue weighted by Crippen LogP contribution is 2.35. The minimum atomic E-state index is -4.54. The molecule has 6 nitrogen and oxygen atoms in total. The lowest BCUT2D eigenvalue weighted by Crippen LogP contribution is -2.40. The van der Waals surface area contributed by atoms with E-state index in [-0.39, 0.29) is 6.10 Å². The summed E-state index contributed by atoms with van der Waals surface area (Å²) < 4.78 is 52.0. The lowest BCUT2D eigenvalue weighted by Gasteiger charge is -2.13. The van der Waals surface area contributed by atoms with E-state index in [9.17, 15) is 22.8 Å². The number of hydrogen-bond acceptors (Lipinski definition) is 5. The Morgan fingerprint density at radius 1 is 1.41 bits per heavy atom. The summed E-state index contributed by atoms with van der Waals surface area (Å²) in [6.45, 7) is 1.63. The normalized spacial score (nSPS) is 17.2. The summed E-state index contributed by atoms with van der Waals surface area (Å²) in [5.74, 6) is -0.684. The number of halogens is 3. The third-order valence-corrected chi connectivity index (χ3v) is 3.77. The molecule has 27 heavy (non-hydrogen) atoms. The van der Waals surface area contributed by atoms with Gasteiger partial charge in [-0.1, -0.05) is 0 Å². The highest BCUT2D eigenvalue weighted by atomic mass is 19.4. The van der Waals surface area contributed by atoms with Gasteiger partial charge < -0.3 is 19.5 Å². The zero-order valence-corrected chi connectivity index (χ0v) is 15.1. The Hall–Kier alpha value is -2.71. The van der Waals surface area contributed by atoms with Crippen molar-refractivity contribution in [2.24, 2.45) is 0 Å². The van der Waals surface area contributed by atoms with Crippen molar-refractivity contribution in [2.45, 2.75) is 38.7 Å². The molecule has 2 unspecified atom stereocenters. The van der Waals surface area contributed by atoms with Crippen molar-refractivity contribution < 1.29 is 37.0 Å². The predicted molar refractivity (Wildman–Crippen MR) is 90.4 cm³/mol. The molecule has 0 radical (unpaired) electrons. The molecule has 1 heterocycles. The van der Waals surface area contributed by atoms with Gasteiger partial charge in [-0.25, -0.2) is 4.79 Å². The molecule has 0 spiro atoms. The van der Waals surface area contributed by atoms with Gasteiger partial charge in [0.05, 0.1) is 7.11 Å². The first-order chi connectivity index (χ1) is 12.6. The largest absolute Gasteiger partial charge is 0.496 e. The lowest BCUT2D eigenvalue weighted by atomic mass is 10.1. The molecule has 0 saturated carbocycles. The number of carbonyl (C=O) groups is 2. The number of hydrogen-bond donors (Lipinski definition) is 1. The second kappa shape index (κ2) is 8.32. The molecule has 1 aromatic carbocycles. The monoisotopic (exact) mass is 387 g/mol. The standard InChI is InChI=1S/C18H20F3NO5/c1-10-6-13-8-14(25-3)12(7-15(13)26-10)4-5-16(23)27-11(2)17(24)22-9-18(19,20)21/h4-5,7-8,10-11H,6,9H2,1-3H3,(H,22,24)/b5-4+. The fraction of sp³-hybridized carbons (Fsp3) is 0.444. The van der Waals surface area contributed by atoms with Crippen molar-refractivity contribution >= 4 is 18.0 Å². The van der Waals surface area contributed by atoms with Gasteiger partial charge in [-0.15, -0.1) is 0 Å². The molecule has 2 atom stereocenters. The number of benzene rings is 1. The third kappa shape index (κ3) is 5.90. The number of alkyl halides is 3. The number of amides is 1. The van der Waals surface area contributed by atoms with Crippen LogP contribution < -0.4 is 14.8 Å². The molecular weight excluding hydrogens is 367 g/mol. The lowest BCUT2D eigenvalue weighted by molar-refractivity contribution is -0.154. The second-order valence-electron chi connectivity index (χ2n) is 6.08. The average Bonchev–Trinajstić information content (AvgIpc) is 2.94. The molecule has 1 aliphatic heterocycles. The fourth-order valence-corrected chi connectivity index (χ4v) is 2.52. The van der Waals surface area contributed by atoms with Crippen LogP contribution in [0.3, 0.4) is 0 Å². The quantitative estimate of drug-likeness (QED) is 0.600. The van der Waals surface area contributed by atoms with Gasteiger partial charge in [-0.3, -0.25) is 4.79 Å². The van der Waals surface area contributed by atoms with Crippen LogP contribution in [-0.4, -0.2) is 43.9 Å². The Kier molecular flexibility index (Phi) is 6.35. The van der Waals surface area contributed by atoms with Crippen LogP contribution in [0, 0.1) is 0 Å². The molecule has 1 aliphatic rings. The fourth-order valence-electron chi connectivity index (χ4n) is 2.52. The average molecular weight is 387 g/mol. The molecule has 2 rings (SSSR count). The van der Waals surface area contributed by atoms with Crippen molar-refractivity contribution in [1.29, 1.82) is 0 Å². The molecule has 0 aromatic heterocycles. The molecule has 1 N–H and O–H groups in total. The van der Waals surface area contributed by atoms with Crippen molar-refractivity contribution in [3.8, 4) is 11.5 Å². The summed E-state index contributed by atoms with van der Waals surface area (Å²) in [5.41, 5.74) is 1.56. The van der Waals surface area contributed by atoms with E-state index < -0.39 is 30.7 Å². The summed E-state index contributed by atoms with van der Waals surface area (Å²) >= 11 is 0. The van der Waals surface area contributed by atoms with Crippen LogP contribution in [0.2, 0.25) is 0 Å². The van der Waals surface area contributed by atoms with Crippen LogP contribution >= 0.6 is 0 Å². The SMILES string of the molecule is COc1cc2c(cc1/C=C/C(=O)OC(C)C(=O)NCC(F)(F)F)OC(C)C2. The van der Waals surface area contributed by atoms with E-state index in [0.717, 1.165) is 18.1 Å². The molecule has 148 valence electrons. The van der Waals surface area contributed by atoms with E-state index in [1.54, 1.807) is 11.4 Å². The number of esters is 1. The third-order valence-electron chi connectivity index (χ3n) is 3.77. The minimum Gasteiger partial charge on any atom is -0.496 e. The van der Waals surface area contributed by atoms with Gasteiger partial charge in [-0.05, 0) is 32.1 Å². The Bertz CT molecular complexity index is 745. The Labute approximate surface area is 154 Å². The minimum absolute atomic E-state index is 0.0463. The first kappa shape index (κ1) is 20.6. The van der Waals surface area contributed by atoms with Gasteiger partial charge in [-0.2, -0.15) is 13.2 Å². The smallest absolute Gasteiger partial charge is 0.405 e. The predicted octanol–water partition coefficient (Wildman–Crippen LogP) is 2.64. The molecule has 0 bridgehead atoms. The highest BCUT2D eigenvalue weighted by Gasteiger charge is 2.29. The van der Waals surface area contributed by atoms with Crippen LogP contribution in [0.15, 0.2) is 18.2 Å². The molecule has 0 aliphatic carbocycles. The van der Waals surface area contributed by atoms with E-state index in [4.69, 9.17) is 14.2 Å². The van der Waals surface area contributed by atoms with Crippen LogP contribution in [0.1, 0.15) is 25.0 Å². The van der Waals surface area contributed by atoms with Gasteiger partial charge in [0.25, 0.3) is 5.91 Å². The first-order valence-corrected chi connectivity index (χ1v) is 8.19. The van der Waals surface area contributed by atoms with E-state index in [2.05, 4.69) is 0 Å². The molecule has 0 saturated heterocycles. The van der Waals surface area contributed by atoms with Crippen LogP contribution in [-0.2, 0) is 20.7 Å². The Balaban J connectivity index is 1.98. The first-order valence-electron chi connectivity index (χ1n) is 8.19. The van der Waals surface area contributed by atoms with E-state index in [0.29, 0.717) is 17.1 Å². The van der Waals surface area contributed by atoms with Crippen LogP contribution in [0.25, 0.3) is 6.08 Å². The number of fused-ring (bicyclic) bond motifs is 1. The zero-order chi connectivity index (χ0) is 20.2. The van der Waals surface area contributed by atoms with Gasteiger partial charge in [0, 0.05) is 23.6 Å². The van der Waals surface area contributed by atoms with Crippen molar-refractivity contribution in [1.82, 2.24) is 5.32 Å². The summed E-state index contributed by atoms with van der Waals surface area (Å²) in [4.78, 5) is 23.3. The van der Waals surface area contributed by atoms with Crippen LogP contribution in [0.4, 0.5) is 13.2 Å². The number of ether oxygens (including phenoxy) is 3. The highest BCUT2D eigenvalue weighted by molar-refractivity contribution is 5.90.